The van der Waals surface area contributed by atoms with Gasteiger partial charge in [0, 0.05) is 29.4 Å². The van der Waals surface area contributed by atoms with E-state index in [9.17, 15) is 14.4 Å². The third-order valence-electron chi connectivity index (χ3n) is 3.98. The predicted octanol–water partition coefficient (Wildman–Crippen LogP) is 3.58. The molecule has 0 radical (unpaired) electrons. The van der Waals surface area contributed by atoms with Gasteiger partial charge in [-0.1, -0.05) is 35.6 Å². The highest BCUT2D eigenvalue weighted by Crippen LogP contribution is 2.23. The molecule has 0 fully saturated rings. The van der Waals surface area contributed by atoms with Gasteiger partial charge in [-0.2, -0.15) is 0 Å². The van der Waals surface area contributed by atoms with E-state index in [-0.39, 0.29) is 17.8 Å². The lowest BCUT2D eigenvalue weighted by Crippen LogP contribution is -2.22. The number of carbonyl (C=O) groups excluding carboxylic acids is 2. The average Bonchev–Trinajstić information content (AvgIpc) is 3.03. The number of para-hydroxylation sites is 1. The van der Waals surface area contributed by atoms with Gasteiger partial charge in [-0.3, -0.25) is 14.4 Å². The van der Waals surface area contributed by atoms with Gasteiger partial charge in [0.25, 0.3) is 5.91 Å². The molecule has 1 aromatic heterocycles. The number of thiazole rings is 1. The van der Waals surface area contributed by atoms with Crippen molar-refractivity contribution in [3.05, 3.63) is 75.3 Å². The standard InChI is InChI=1S/C21H20N2O5S/c1-15-14-29-21(26)23(15)11-10-20(25)27-13-19(24)22-16-6-5-9-18(12-16)28-17-7-3-2-4-8-17/h2-9,12,14H,10-11,13H2,1H3,(H,22,24). The van der Waals surface area contributed by atoms with E-state index in [1.807, 2.05) is 30.3 Å². The summed E-state index contributed by atoms with van der Waals surface area (Å²) in [4.78, 5) is 35.4. The SMILES string of the molecule is Cc1csc(=O)n1CCC(=O)OCC(=O)Nc1cccc(Oc2ccccc2)c1. The monoisotopic (exact) mass is 412 g/mol. The zero-order chi connectivity index (χ0) is 20.6. The number of hydrogen-bond donors (Lipinski definition) is 1. The molecule has 0 aliphatic carbocycles. The van der Waals surface area contributed by atoms with Crippen molar-refractivity contribution in [3.8, 4) is 11.5 Å². The number of aromatic nitrogens is 1. The summed E-state index contributed by atoms with van der Waals surface area (Å²) in [5.41, 5.74) is 1.32. The molecule has 8 heteroatoms. The van der Waals surface area contributed by atoms with E-state index in [1.165, 1.54) is 4.57 Å². The van der Waals surface area contributed by atoms with Gasteiger partial charge < -0.3 is 19.4 Å². The lowest BCUT2D eigenvalue weighted by molar-refractivity contribution is -0.147. The molecule has 0 unspecified atom stereocenters. The highest BCUT2D eigenvalue weighted by atomic mass is 32.1. The van der Waals surface area contributed by atoms with Crippen LogP contribution in [0.4, 0.5) is 5.69 Å². The van der Waals surface area contributed by atoms with Crippen molar-refractivity contribution >= 4 is 28.9 Å². The number of anilines is 1. The zero-order valence-corrected chi connectivity index (χ0v) is 16.6. The topological polar surface area (TPSA) is 86.6 Å². The molecule has 1 N–H and O–H groups in total. The largest absolute Gasteiger partial charge is 0.457 e. The Balaban J connectivity index is 1.46. The number of nitrogens with one attached hydrogen (secondary N) is 1. The molecule has 0 spiro atoms. The van der Waals surface area contributed by atoms with Crippen molar-refractivity contribution in [2.75, 3.05) is 11.9 Å². The Morgan fingerprint density at radius 3 is 2.55 bits per heavy atom. The molecule has 150 valence electrons. The molecule has 0 aliphatic heterocycles. The van der Waals surface area contributed by atoms with E-state index >= 15 is 0 Å². The smallest absolute Gasteiger partial charge is 0.308 e. The molecular weight excluding hydrogens is 392 g/mol. The van der Waals surface area contributed by atoms with Crippen molar-refractivity contribution in [2.45, 2.75) is 19.9 Å². The van der Waals surface area contributed by atoms with Crippen LogP contribution in [0.3, 0.4) is 0 Å². The molecule has 1 heterocycles. The maximum absolute atomic E-state index is 12.0. The normalized spacial score (nSPS) is 10.4. The Morgan fingerprint density at radius 2 is 1.83 bits per heavy atom. The highest BCUT2D eigenvalue weighted by molar-refractivity contribution is 7.07. The van der Waals surface area contributed by atoms with Crippen LogP contribution in [0.25, 0.3) is 0 Å². The van der Waals surface area contributed by atoms with Gasteiger partial charge in [0.05, 0.1) is 6.42 Å². The van der Waals surface area contributed by atoms with Crippen LogP contribution in [0, 0.1) is 6.92 Å². The third-order valence-corrected chi connectivity index (χ3v) is 4.86. The first-order valence-electron chi connectivity index (χ1n) is 8.94. The van der Waals surface area contributed by atoms with E-state index in [0.717, 1.165) is 17.0 Å². The Labute approximate surface area is 171 Å². The van der Waals surface area contributed by atoms with Gasteiger partial charge in [-0.15, -0.1) is 0 Å². The lowest BCUT2D eigenvalue weighted by Gasteiger charge is -2.09. The Kier molecular flexibility index (Phi) is 6.80. The fourth-order valence-corrected chi connectivity index (χ4v) is 3.32. The summed E-state index contributed by atoms with van der Waals surface area (Å²) in [7, 11) is 0. The van der Waals surface area contributed by atoms with Crippen molar-refractivity contribution in [3.63, 3.8) is 0 Å². The third kappa shape index (κ3) is 6.05. The van der Waals surface area contributed by atoms with Crippen molar-refractivity contribution in [2.24, 2.45) is 0 Å². The second kappa shape index (κ2) is 9.70. The number of esters is 1. The molecular formula is C21H20N2O5S. The van der Waals surface area contributed by atoms with Crippen LogP contribution in [-0.2, 0) is 20.9 Å². The summed E-state index contributed by atoms with van der Waals surface area (Å²) in [5.74, 6) is 0.255. The fraction of sp³-hybridized carbons (Fsp3) is 0.190. The highest BCUT2D eigenvalue weighted by Gasteiger charge is 2.10. The van der Waals surface area contributed by atoms with Crippen LogP contribution in [0.1, 0.15) is 12.1 Å². The number of carbonyl (C=O) groups is 2. The quantitative estimate of drug-likeness (QED) is 0.572. The molecule has 0 atom stereocenters. The Morgan fingerprint density at radius 1 is 1.07 bits per heavy atom. The molecule has 0 bridgehead atoms. The molecule has 29 heavy (non-hydrogen) atoms. The number of amides is 1. The first kappa shape index (κ1) is 20.3. The number of aryl methyl sites for hydroxylation is 1. The molecule has 2 aromatic carbocycles. The van der Waals surface area contributed by atoms with Crippen LogP contribution >= 0.6 is 11.3 Å². The number of benzene rings is 2. The molecule has 0 aliphatic rings. The fourth-order valence-electron chi connectivity index (χ4n) is 2.55. The van der Waals surface area contributed by atoms with Crippen molar-refractivity contribution in [1.29, 1.82) is 0 Å². The van der Waals surface area contributed by atoms with Crippen LogP contribution < -0.4 is 14.9 Å². The number of ether oxygens (including phenoxy) is 2. The Bertz CT molecular complexity index is 1040. The Hall–Kier alpha value is -3.39. The van der Waals surface area contributed by atoms with Gasteiger partial charge in [-0.25, -0.2) is 0 Å². The second-order valence-corrected chi connectivity index (χ2v) is 7.02. The summed E-state index contributed by atoms with van der Waals surface area (Å²) in [6.07, 6.45) is 0.0190. The second-order valence-electron chi connectivity index (χ2n) is 6.20. The van der Waals surface area contributed by atoms with Crippen LogP contribution in [0.5, 0.6) is 11.5 Å². The zero-order valence-electron chi connectivity index (χ0n) is 15.8. The first-order valence-corrected chi connectivity index (χ1v) is 9.82. The number of rotatable bonds is 8. The van der Waals surface area contributed by atoms with Gasteiger partial charge in [0.15, 0.2) is 6.61 Å². The molecule has 0 saturated carbocycles. The van der Waals surface area contributed by atoms with Crippen LogP contribution in [0.15, 0.2) is 64.8 Å². The maximum Gasteiger partial charge on any atom is 0.308 e. The maximum atomic E-state index is 12.0. The van der Waals surface area contributed by atoms with Crippen LogP contribution in [-0.4, -0.2) is 23.1 Å². The summed E-state index contributed by atoms with van der Waals surface area (Å²) in [6.45, 7) is 1.62. The first-order chi connectivity index (χ1) is 14.0. The van der Waals surface area contributed by atoms with E-state index in [0.29, 0.717) is 17.2 Å². The molecule has 3 aromatic rings. The molecule has 7 nitrogen and oxygen atoms in total. The molecule has 3 rings (SSSR count). The summed E-state index contributed by atoms with van der Waals surface area (Å²) >= 11 is 1.08. The minimum Gasteiger partial charge on any atom is -0.457 e. The predicted molar refractivity (Wildman–Crippen MR) is 110 cm³/mol. The van der Waals surface area contributed by atoms with E-state index in [1.54, 1.807) is 36.6 Å². The molecule has 1 amide bonds. The summed E-state index contributed by atoms with van der Waals surface area (Å²) < 4.78 is 12.2. The van der Waals surface area contributed by atoms with Gasteiger partial charge in [0.2, 0.25) is 0 Å². The van der Waals surface area contributed by atoms with Gasteiger partial charge >= 0.3 is 10.8 Å². The van der Waals surface area contributed by atoms with Crippen molar-refractivity contribution < 1.29 is 19.1 Å². The average molecular weight is 412 g/mol. The lowest BCUT2D eigenvalue weighted by atomic mass is 10.3. The number of nitrogens with zero attached hydrogens (tertiary/aromatic N) is 1. The van der Waals surface area contributed by atoms with E-state index in [2.05, 4.69) is 5.32 Å². The minimum atomic E-state index is -0.543. The molecule has 0 saturated heterocycles. The van der Waals surface area contributed by atoms with E-state index < -0.39 is 18.5 Å². The number of hydrogen-bond acceptors (Lipinski definition) is 6. The van der Waals surface area contributed by atoms with Gasteiger partial charge in [0.1, 0.15) is 11.5 Å². The van der Waals surface area contributed by atoms with Crippen LogP contribution in [0.2, 0.25) is 0 Å². The van der Waals surface area contributed by atoms with Crippen molar-refractivity contribution in [1.82, 2.24) is 4.57 Å². The van der Waals surface area contributed by atoms with Gasteiger partial charge in [-0.05, 0) is 31.2 Å². The minimum absolute atomic E-state index is 0.0190. The van der Waals surface area contributed by atoms with E-state index in [4.69, 9.17) is 9.47 Å². The summed E-state index contributed by atoms with van der Waals surface area (Å²) in [5, 5.41) is 4.39. The summed E-state index contributed by atoms with van der Waals surface area (Å²) in [6, 6.07) is 16.2.